The lowest BCUT2D eigenvalue weighted by Crippen LogP contribution is -2.32. The van der Waals surface area contributed by atoms with E-state index in [2.05, 4.69) is 5.32 Å². The summed E-state index contributed by atoms with van der Waals surface area (Å²) in [6.45, 7) is 6.18. The minimum atomic E-state index is -0.544. The second-order valence-corrected chi connectivity index (χ2v) is 7.47. The third-order valence-electron chi connectivity index (χ3n) is 3.66. The van der Waals surface area contributed by atoms with Crippen LogP contribution >= 0.6 is 0 Å². The summed E-state index contributed by atoms with van der Waals surface area (Å²) in [7, 11) is 1.50. The predicted octanol–water partition coefficient (Wildman–Crippen LogP) is 3.64. The average Bonchev–Trinajstić information content (AvgIpc) is 2.62. The third-order valence-corrected chi connectivity index (χ3v) is 3.66. The minimum Gasteiger partial charge on any atom is -0.462 e. The van der Waals surface area contributed by atoms with Crippen molar-refractivity contribution in [2.75, 3.05) is 20.3 Å². The average molecular weight is 393 g/mol. The highest BCUT2D eigenvalue weighted by Crippen LogP contribution is 2.09. The van der Waals surface area contributed by atoms with Gasteiger partial charge in [0.1, 0.15) is 12.2 Å². The lowest BCUT2D eigenvalue weighted by Gasteiger charge is -2.19. The van der Waals surface area contributed by atoms with Gasteiger partial charge in [0, 0.05) is 20.1 Å². The number of rotatable bonds is 11. The first-order valence-corrected chi connectivity index (χ1v) is 9.45. The number of hydrogen-bond acceptors (Lipinski definition) is 6. The Labute approximate surface area is 166 Å². The van der Waals surface area contributed by atoms with E-state index in [0.29, 0.717) is 31.6 Å². The maximum absolute atomic E-state index is 12.0. The van der Waals surface area contributed by atoms with Gasteiger partial charge in [-0.1, -0.05) is 12.1 Å². The van der Waals surface area contributed by atoms with E-state index in [4.69, 9.17) is 14.2 Å². The largest absolute Gasteiger partial charge is 0.462 e. The molecule has 0 aliphatic carbocycles. The second-order valence-electron chi connectivity index (χ2n) is 7.47. The fourth-order valence-corrected chi connectivity index (χ4v) is 2.33. The number of amides is 1. The Bertz CT molecular complexity index is 633. The van der Waals surface area contributed by atoms with E-state index in [9.17, 15) is 14.4 Å². The second kappa shape index (κ2) is 12.1. The molecule has 0 aromatic heterocycles. The van der Waals surface area contributed by atoms with Gasteiger partial charge in [0.2, 0.25) is 0 Å². The van der Waals surface area contributed by atoms with Crippen LogP contribution in [0, 0.1) is 0 Å². The molecule has 0 saturated carbocycles. The zero-order chi connectivity index (χ0) is 21.0. The lowest BCUT2D eigenvalue weighted by atomic mass is 10.1. The van der Waals surface area contributed by atoms with Gasteiger partial charge < -0.3 is 19.5 Å². The standard InChI is InChI=1S/C21H31NO6/c1-21(2,3)28-20(25)22-14-16-9-11-17(12-10-16)19(24)27-13-7-5-6-8-18(23)15-26-4/h9-12H,5-8,13-15H2,1-4H3,(H,22,25). The molecule has 0 aliphatic rings. The van der Waals surface area contributed by atoms with Crippen molar-refractivity contribution in [1.82, 2.24) is 5.32 Å². The number of carbonyl (C=O) groups is 3. The van der Waals surface area contributed by atoms with E-state index >= 15 is 0 Å². The number of esters is 1. The predicted molar refractivity (Wildman–Crippen MR) is 105 cm³/mol. The van der Waals surface area contributed by atoms with Gasteiger partial charge in [0.25, 0.3) is 0 Å². The van der Waals surface area contributed by atoms with Crippen LogP contribution in [0.1, 0.15) is 62.4 Å². The van der Waals surface area contributed by atoms with Crippen LogP contribution in [0.4, 0.5) is 4.79 Å². The number of benzene rings is 1. The Balaban J connectivity index is 2.26. The Kier molecular flexibility index (Phi) is 10.2. The Morgan fingerprint density at radius 1 is 1.00 bits per heavy atom. The molecular weight excluding hydrogens is 362 g/mol. The lowest BCUT2D eigenvalue weighted by molar-refractivity contribution is -0.122. The van der Waals surface area contributed by atoms with E-state index in [0.717, 1.165) is 18.4 Å². The van der Waals surface area contributed by atoms with Crippen LogP contribution in [-0.4, -0.2) is 43.8 Å². The first-order chi connectivity index (χ1) is 13.2. The maximum Gasteiger partial charge on any atom is 0.407 e. The number of Topliss-reactive ketones (excluding diaryl/α,β-unsaturated/α-hetero) is 1. The van der Waals surface area contributed by atoms with Crippen molar-refractivity contribution >= 4 is 17.8 Å². The normalized spacial score (nSPS) is 11.0. The van der Waals surface area contributed by atoms with Crippen LogP contribution in [0.25, 0.3) is 0 Å². The molecule has 0 atom stereocenters. The van der Waals surface area contributed by atoms with Gasteiger partial charge in [-0.2, -0.15) is 0 Å². The number of hydrogen-bond donors (Lipinski definition) is 1. The molecule has 0 radical (unpaired) electrons. The topological polar surface area (TPSA) is 90.9 Å². The number of alkyl carbamates (subject to hydrolysis) is 1. The fraction of sp³-hybridized carbons (Fsp3) is 0.571. The summed E-state index contributed by atoms with van der Waals surface area (Å²) in [5.74, 6) is -0.303. The Hall–Kier alpha value is -2.41. The minimum absolute atomic E-state index is 0.0840. The number of ketones is 1. The molecular formula is C21H31NO6. The Morgan fingerprint density at radius 2 is 1.68 bits per heavy atom. The smallest absolute Gasteiger partial charge is 0.407 e. The van der Waals surface area contributed by atoms with E-state index in [1.807, 2.05) is 0 Å². The molecule has 0 fully saturated rings. The van der Waals surface area contributed by atoms with Crippen molar-refractivity contribution in [2.24, 2.45) is 0 Å². The number of nitrogens with one attached hydrogen (secondary N) is 1. The zero-order valence-corrected chi connectivity index (χ0v) is 17.2. The molecule has 0 heterocycles. The molecule has 7 heteroatoms. The summed E-state index contributed by atoms with van der Waals surface area (Å²) < 4.78 is 15.2. The van der Waals surface area contributed by atoms with Gasteiger partial charge in [-0.25, -0.2) is 9.59 Å². The van der Waals surface area contributed by atoms with Crippen molar-refractivity contribution in [3.05, 3.63) is 35.4 Å². The molecule has 1 rings (SSSR count). The van der Waals surface area contributed by atoms with Crippen molar-refractivity contribution < 1.29 is 28.6 Å². The summed E-state index contributed by atoms with van der Waals surface area (Å²) in [6.07, 6.45) is 2.29. The fourth-order valence-electron chi connectivity index (χ4n) is 2.33. The van der Waals surface area contributed by atoms with Gasteiger partial charge in [0.05, 0.1) is 12.2 Å². The van der Waals surface area contributed by atoms with Gasteiger partial charge in [-0.3, -0.25) is 4.79 Å². The first-order valence-electron chi connectivity index (χ1n) is 9.45. The molecule has 7 nitrogen and oxygen atoms in total. The molecule has 0 spiro atoms. The third kappa shape index (κ3) is 10.7. The summed E-state index contributed by atoms with van der Waals surface area (Å²) in [6, 6.07) is 6.85. The summed E-state index contributed by atoms with van der Waals surface area (Å²) in [5.41, 5.74) is 0.761. The summed E-state index contributed by atoms with van der Waals surface area (Å²) >= 11 is 0. The van der Waals surface area contributed by atoms with Gasteiger partial charge in [-0.05, 0) is 57.7 Å². The maximum atomic E-state index is 12.0. The van der Waals surface area contributed by atoms with Crippen molar-refractivity contribution in [1.29, 1.82) is 0 Å². The summed E-state index contributed by atoms with van der Waals surface area (Å²) in [4.78, 5) is 35.0. The van der Waals surface area contributed by atoms with Crippen LogP contribution in [0.3, 0.4) is 0 Å². The van der Waals surface area contributed by atoms with E-state index < -0.39 is 11.7 Å². The van der Waals surface area contributed by atoms with Crippen LogP contribution in [0.2, 0.25) is 0 Å². The molecule has 0 unspecified atom stereocenters. The van der Waals surface area contributed by atoms with Crippen molar-refractivity contribution in [3.63, 3.8) is 0 Å². The monoisotopic (exact) mass is 393 g/mol. The van der Waals surface area contributed by atoms with Crippen molar-refractivity contribution in [2.45, 2.75) is 58.6 Å². The molecule has 0 bridgehead atoms. The number of carbonyl (C=O) groups excluding carboxylic acids is 3. The molecule has 1 amide bonds. The van der Waals surface area contributed by atoms with Gasteiger partial charge >= 0.3 is 12.1 Å². The molecule has 0 aliphatic heterocycles. The number of methoxy groups -OCH3 is 1. The van der Waals surface area contributed by atoms with Crippen LogP contribution in [0.15, 0.2) is 24.3 Å². The molecule has 0 saturated heterocycles. The van der Waals surface area contributed by atoms with Gasteiger partial charge in [0.15, 0.2) is 5.78 Å². The van der Waals surface area contributed by atoms with Gasteiger partial charge in [-0.15, -0.1) is 0 Å². The van der Waals surface area contributed by atoms with E-state index in [1.165, 1.54) is 7.11 Å². The SMILES string of the molecule is COCC(=O)CCCCCOC(=O)c1ccc(CNC(=O)OC(C)(C)C)cc1. The zero-order valence-electron chi connectivity index (χ0n) is 17.2. The van der Waals surface area contributed by atoms with Crippen LogP contribution < -0.4 is 5.32 Å². The quantitative estimate of drug-likeness (QED) is 0.456. The molecule has 28 heavy (non-hydrogen) atoms. The van der Waals surface area contributed by atoms with E-state index in [-0.39, 0.29) is 18.4 Å². The Morgan fingerprint density at radius 3 is 2.29 bits per heavy atom. The number of unbranched alkanes of at least 4 members (excludes halogenated alkanes) is 2. The highest BCUT2D eigenvalue weighted by Gasteiger charge is 2.15. The van der Waals surface area contributed by atoms with Crippen LogP contribution in [0.5, 0.6) is 0 Å². The molecule has 1 aromatic carbocycles. The molecule has 1 aromatic rings. The van der Waals surface area contributed by atoms with Crippen LogP contribution in [-0.2, 0) is 25.5 Å². The molecule has 1 N–H and O–H groups in total. The first kappa shape index (κ1) is 23.6. The van der Waals surface area contributed by atoms with Crippen molar-refractivity contribution in [3.8, 4) is 0 Å². The summed E-state index contributed by atoms with van der Waals surface area (Å²) in [5, 5.41) is 2.66. The highest BCUT2D eigenvalue weighted by molar-refractivity contribution is 5.89. The van der Waals surface area contributed by atoms with E-state index in [1.54, 1.807) is 45.0 Å². The molecule has 156 valence electrons. The number of ether oxygens (including phenoxy) is 3. The highest BCUT2D eigenvalue weighted by atomic mass is 16.6.